The van der Waals surface area contributed by atoms with Crippen molar-refractivity contribution in [2.24, 2.45) is 5.92 Å². The number of hydrogen-bond donors (Lipinski definition) is 1. The second-order valence-corrected chi connectivity index (χ2v) is 6.75. The van der Waals surface area contributed by atoms with Gasteiger partial charge in [0, 0.05) is 17.8 Å². The van der Waals surface area contributed by atoms with E-state index in [0.717, 1.165) is 11.3 Å². The van der Waals surface area contributed by atoms with Gasteiger partial charge in [0.25, 0.3) is 0 Å². The third-order valence-corrected chi connectivity index (χ3v) is 5.24. The Bertz CT molecular complexity index is 804. The van der Waals surface area contributed by atoms with Crippen molar-refractivity contribution in [3.8, 4) is 17.2 Å². The lowest BCUT2D eigenvalue weighted by Crippen LogP contribution is -2.39. The van der Waals surface area contributed by atoms with Crippen LogP contribution in [0.5, 0.6) is 17.2 Å². The van der Waals surface area contributed by atoms with Gasteiger partial charge in [0.05, 0.1) is 39.0 Å². The molecule has 1 saturated heterocycles. The van der Waals surface area contributed by atoms with Gasteiger partial charge in [0.15, 0.2) is 11.5 Å². The van der Waals surface area contributed by atoms with E-state index in [1.54, 1.807) is 27.5 Å². The van der Waals surface area contributed by atoms with E-state index in [1.807, 2.05) is 30.3 Å². The number of likely N-dealkylation sites (tertiary alicyclic amines) is 1. The summed E-state index contributed by atoms with van der Waals surface area (Å²) in [6.07, 6.45) is 2.97. The minimum atomic E-state index is -0.724. The number of ether oxygens (including phenoxy) is 3. The normalized spacial score (nSPS) is 16.4. The Morgan fingerprint density at radius 2 is 1.71 bits per heavy atom. The zero-order valence-corrected chi connectivity index (χ0v) is 16.4. The van der Waals surface area contributed by atoms with E-state index in [9.17, 15) is 9.90 Å². The van der Waals surface area contributed by atoms with Gasteiger partial charge >= 0.3 is 5.97 Å². The van der Waals surface area contributed by atoms with Gasteiger partial charge in [-0.15, -0.1) is 0 Å². The molecule has 1 fully saturated rings. The van der Waals surface area contributed by atoms with Crippen LogP contribution in [0.15, 0.2) is 36.5 Å². The summed E-state index contributed by atoms with van der Waals surface area (Å²) in [5.74, 6) is 0.853. The van der Waals surface area contributed by atoms with Crippen LogP contribution in [0.4, 0.5) is 0 Å². The molecule has 1 unspecified atom stereocenters. The number of rotatable bonds is 7. The zero-order valence-electron chi connectivity index (χ0n) is 16.4. The Balaban J connectivity index is 2.04. The molecule has 7 heteroatoms. The van der Waals surface area contributed by atoms with Crippen LogP contribution in [0.25, 0.3) is 0 Å². The molecule has 2 heterocycles. The molecule has 1 aliphatic rings. The molecule has 1 N–H and O–H groups in total. The van der Waals surface area contributed by atoms with Crippen molar-refractivity contribution in [2.75, 3.05) is 34.4 Å². The maximum atomic E-state index is 11.3. The molecule has 0 spiro atoms. The zero-order chi connectivity index (χ0) is 20.1. The molecule has 0 amide bonds. The van der Waals surface area contributed by atoms with Crippen LogP contribution in [-0.2, 0) is 4.79 Å². The third-order valence-electron chi connectivity index (χ3n) is 5.24. The predicted octanol–water partition coefficient (Wildman–Crippen LogP) is 2.99. The van der Waals surface area contributed by atoms with E-state index in [-0.39, 0.29) is 12.0 Å². The number of nitrogens with zero attached hydrogens (tertiary/aromatic N) is 2. The predicted molar refractivity (Wildman–Crippen MR) is 104 cm³/mol. The number of pyridine rings is 1. The fraction of sp³-hybridized carbons (Fsp3) is 0.429. The highest BCUT2D eigenvalue weighted by atomic mass is 16.5. The van der Waals surface area contributed by atoms with Crippen LogP contribution in [0.1, 0.15) is 30.1 Å². The number of methoxy groups -OCH3 is 3. The molecule has 2 aromatic rings. The summed E-state index contributed by atoms with van der Waals surface area (Å²) in [4.78, 5) is 18.2. The number of aliphatic carboxylic acids is 1. The number of aromatic nitrogens is 1. The van der Waals surface area contributed by atoms with Crippen LogP contribution >= 0.6 is 0 Å². The molecule has 0 aliphatic carbocycles. The number of carboxylic acids is 1. The van der Waals surface area contributed by atoms with Crippen LogP contribution in [-0.4, -0.2) is 55.4 Å². The molecule has 0 bridgehead atoms. The molecule has 1 atom stereocenters. The van der Waals surface area contributed by atoms with Gasteiger partial charge in [0.1, 0.15) is 5.75 Å². The van der Waals surface area contributed by atoms with Crippen molar-refractivity contribution in [3.63, 3.8) is 0 Å². The van der Waals surface area contributed by atoms with Crippen molar-refractivity contribution in [1.29, 1.82) is 0 Å². The molecule has 0 saturated carbocycles. The van der Waals surface area contributed by atoms with Crippen LogP contribution in [0.2, 0.25) is 0 Å². The molecular weight excluding hydrogens is 360 g/mol. The van der Waals surface area contributed by atoms with E-state index < -0.39 is 5.97 Å². The van der Waals surface area contributed by atoms with Crippen molar-refractivity contribution in [3.05, 3.63) is 47.8 Å². The van der Waals surface area contributed by atoms with Gasteiger partial charge in [-0.2, -0.15) is 0 Å². The maximum Gasteiger partial charge on any atom is 0.306 e. The van der Waals surface area contributed by atoms with Crippen molar-refractivity contribution in [2.45, 2.75) is 18.9 Å². The summed E-state index contributed by atoms with van der Waals surface area (Å²) < 4.78 is 16.6. The smallest absolute Gasteiger partial charge is 0.306 e. The first-order valence-corrected chi connectivity index (χ1v) is 9.26. The van der Waals surface area contributed by atoms with Crippen molar-refractivity contribution >= 4 is 5.97 Å². The average Bonchev–Trinajstić information content (AvgIpc) is 2.74. The highest BCUT2D eigenvalue weighted by molar-refractivity contribution is 5.70. The van der Waals surface area contributed by atoms with Crippen LogP contribution in [0, 0.1) is 5.92 Å². The average molecular weight is 386 g/mol. The molecular formula is C21H26N2O5. The fourth-order valence-corrected chi connectivity index (χ4v) is 3.75. The molecule has 3 rings (SSSR count). The first-order valence-electron chi connectivity index (χ1n) is 9.26. The van der Waals surface area contributed by atoms with Crippen LogP contribution in [0.3, 0.4) is 0 Å². The number of carboxylic acid groups (broad SMARTS) is 1. The van der Waals surface area contributed by atoms with Gasteiger partial charge in [0.2, 0.25) is 0 Å². The Kier molecular flexibility index (Phi) is 6.36. The lowest BCUT2D eigenvalue weighted by atomic mass is 9.92. The van der Waals surface area contributed by atoms with Gasteiger partial charge in [-0.05, 0) is 44.1 Å². The quantitative estimate of drug-likeness (QED) is 0.783. The van der Waals surface area contributed by atoms with E-state index >= 15 is 0 Å². The molecule has 1 aromatic heterocycles. The second kappa shape index (κ2) is 8.93. The minimum absolute atomic E-state index is 0.175. The summed E-state index contributed by atoms with van der Waals surface area (Å²) in [6.45, 7) is 1.32. The van der Waals surface area contributed by atoms with Crippen molar-refractivity contribution < 1.29 is 24.1 Å². The van der Waals surface area contributed by atoms with E-state index in [0.29, 0.717) is 43.2 Å². The fourth-order valence-electron chi connectivity index (χ4n) is 3.75. The largest absolute Gasteiger partial charge is 0.496 e. The van der Waals surface area contributed by atoms with E-state index in [4.69, 9.17) is 14.2 Å². The molecule has 28 heavy (non-hydrogen) atoms. The lowest BCUT2D eigenvalue weighted by Gasteiger charge is -2.37. The molecule has 150 valence electrons. The Morgan fingerprint density at radius 3 is 2.25 bits per heavy atom. The standard InChI is InChI=1S/C21H26N2O5/c1-26-17-13-19(28-3)18(27-2)12-15(17)20(16-6-4-5-9-22-16)23-10-7-14(8-11-23)21(24)25/h4-6,9,12-14,20H,7-8,10-11H2,1-3H3,(H,24,25). The van der Waals surface area contributed by atoms with Gasteiger partial charge in [-0.3, -0.25) is 14.7 Å². The minimum Gasteiger partial charge on any atom is -0.496 e. The number of carbonyl (C=O) groups is 1. The van der Waals surface area contributed by atoms with Gasteiger partial charge < -0.3 is 19.3 Å². The summed E-state index contributed by atoms with van der Waals surface area (Å²) in [5, 5.41) is 9.32. The number of benzene rings is 1. The second-order valence-electron chi connectivity index (χ2n) is 6.75. The molecule has 7 nitrogen and oxygen atoms in total. The van der Waals surface area contributed by atoms with Gasteiger partial charge in [-0.1, -0.05) is 6.07 Å². The van der Waals surface area contributed by atoms with Gasteiger partial charge in [-0.25, -0.2) is 0 Å². The summed E-state index contributed by atoms with van der Waals surface area (Å²) >= 11 is 0. The Hall–Kier alpha value is -2.80. The molecule has 1 aromatic carbocycles. The third kappa shape index (κ3) is 4.04. The monoisotopic (exact) mass is 386 g/mol. The first-order chi connectivity index (χ1) is 13.6. The molecule has 1 aliphatic heterocycles. The van der Waals surface area contributed by atoms with E-state index in [1.165, 1.54) is 0 Å². The maximum absolute atomic E-state index is 11.3. The van der Waals surface area contributed by atoms with E-state index in [2.05, 4.69) is 9.88 Å². The topological polar surface area (TPSA) is 81.1 Å². The highest BCUT2D eigenvalue weighted by Gasteiger charge is 2.33. The number of hydrogen-bond acceptors (Lipinski definition) is 6. The highest BCUT2D eigenvalue weighted by Crippen LogP contribution is 2.42. The number of piperidine rings is 1. The Labute approximate surface area is 164 Å². The summed E-state index contributed by atoms with van der Waals surface area (Å²) in [7, 11) is 4.81. The van der Waals surface area contributed by atoms with Crippen molar-refractivity contribution in [1.82, 2.24) is 9.88 Å². The summed E-state index contributed by atoms with van der Waals surface area (Å²) in [5.41, 5.74) is 1.79. The first kappa shape index (κ1) is 19.9. The SMILES string of the molecule is COc1cc(OC)c(C(c2ccccn2)N2CCC(C(=O)O)CC2)cc1OC. The van der Waals surface area contributed by atoms with Crippen LogP contribution < -0.4 is 14.2 Å². The lowest BCUT2D eigenvalue weighted by molar-refractivity contribution is -0.143. The molecule has 0 radical (unpaired) electrons. The summed E-state index contributed by atoms with van der Waals surface area (Å²) in [6, 6.07) is 9.36. The Morgan fingerprint density at radius 1 is 1.07 bits per heavy atom.